The van der Waals surface area contributed by atoms with E-state index in [1.165, 1.54) is 19.3 Å². The smallest absolute Gasteiger partial charge is 0.244 e. The molecule has 2 fully saturated rings. The minimum atomic E-state index is -0.0896. The molecule has 1 aromatic heterocycles. The molecule has 3 rings (SSSR count). The van der Waals surface area contributed by atoms with Crippen LogP contribution in [0.3, 0.4) is 0 Å². The zero-order chi connectivity index (χ0) is 12.5. The van der Waals surface area contributed by atoms with Crippen LogP contribution in [0.2, 0.25) is 0 Å². The van der Waals surface area contributed by atoms with Crippen LogP contribution in [-0.4, -0.2) is 23.3 Å². The normalized spacial score (nSPS) is 32.7. The quantitative estimate of drug-likeness (QED) is 0.889. The average Bonchev–Trinajstić information content (AvgIpc) is 3.04. The molecule has 5 nitrogen and oxygen atoms in total. The van der Waals surface area contributed by atoms with E-state index >= 15 is 0 Å². The van der Waals surface area contributed by atoms with E-state index in [1.54, 1.807) is 0 Å². The standard InChI is InChI=1S/C13H21N3O2/c1-3-17-8(2)12-15-13(18-16-12)11-10-6-4-5-9(10)7-14-11/h8-11,14H,3-7H2,1-2H3. The van der Waals surface area contributed by atoms with Gasteiger partial charge in [-0.2, -0.15) is 4.98 Å². The fourth-order valence-electron chi connectivity index (χ4n) is 3.32. The van der Waals surface area contributed by atoms with E-state index in [4.69, 9.17) is 9.26 Å². The Morgan fingerprint density at radius 2 is 2.39 bits per heavy atom. The van der Waals surface area contributed by atoms with Crippen LogP contribution in [0.1, 0.15) is 57.0 Å². The fourth-order valence-corrected chi connectivity index (χ4v) is 3.32. The number of nitrogens with one attached hydrogen (secondary N) is 1. The minimum Gasteiger partial charge on any atom is -0.371 e. The molecule has 0 bridgehead atoms. The van der Waals surface area contributed by atoms with Crippen LogP contribution in [0.4, 0.5) is 0 Å². The second-order valence-electron chi connectivity index (χ2n) is 5.33. The summed E-state index contributed by atoms with van der Waals surface area (Å²) in [6, 6.07) is 0.257. The first-order valence-electron chi connectivity index (χ1n) is 6.98. The van der Waals surface area contributed by atoms with Crippen molar-refractivity contribution in [1.29, 1.82) is 0 Å². The Morgan fingerprint density at radius 1 is 1.50 bits per heavy atom. The van der Waals surface area contributed by atoms with E-state index in [9.17, 15) is 0 Å². The van der Waals surface area contributed by atoms with Gasteiger partial charge in [-0.3, -0.25) is 0 Å². The van der Waals surface area contributed by atoms with Crippen LogP contribution in [0.5, 0.6) is 0 Å². The topological polar surface area (TPSA) is 60.2 Å². The van der Waals surface area contributed by atoms with Crippen LogP contribution in [0, 0.1) is 11.8 Å². The first-order chi connectivity index (χ1) is 8.79. The summed E-state index contributed by atoms with van der Waals surface area (Å²) in [5.74, 6) is 2.89. The SMILES string of the molecule is CCOC(C)c1noc(C2NCC3CCCC32)n1. The molecule has 2 heterocycles. The molecule has 1 saturated heterocycles. The van der Waals surface area contributed by atoms with Gasteiger partial charge in [0.1, 0.15) is 6.10 Å². The first-order valence-corrected chi connectivity index (χ1v) is 6.98. The lowest BCUT2D eigenvalue weighted by molar-refractivity contribution is 0.0683. The number of fused-ring (bicyclic) bond motifs is 1. The molecule has 1 aliphatic carbocycles. The third kappa shape index (κ3) is 2.06. The monoisotopic (exact) mass is 251 g/mol. The fraction of sp³-hybridized carbons (Fsp3) is 0.846. The van der Waals surface area contributed by atoms with Gasteiger partial charge < -0.3 is 14.6 Å². The molecule has 1 N–H and O–H groups in total. The third-order valence-corrected chi connectivity index (χ3v) is 4.25. The van der Waals surface area contributed by atoms with Crippen LogP contribution < -0.4 is 5.32 Å². The summed E-state index contributed by atoms with van der Waals surface area (Å²) in [6.07, 6.45) is 3.86. The molecule has 5 heteroatoms. The van der Waals surface area contributed by atoms with Gasteiger partial charge in [0.25, 0.3) is 0 Å². The van der Waals surface area contributed by atoms with E-state index in [0.717, 1.165) is 18.4 Å². The molecule has 18 heavy (non-hydrogen) atoms. The second kappa shape index (κ2) is 4.97. The van der Waals surface area contributed by atoms with Gasteiger partial charge in [-0.1, -0.05) is 11.6 Å². The Bertz CT molecular complexity index is 407. The lowest BCUT2D eigenvalue weighted by Crippen LogP contribution is -2.18. The molecular formula is C13H21N3O2. The largest absolute Gasteiger partial charge is 0.371 e. The van der Waals surface area contributed by atoms with Gasteiger partial charge in [-0.25, -0.2) is 0 Å². The van der Waals surface area contributed by atoms with Gasteiger partial charge in [0, 0.05) is 6.61 Å². The lowest BCUT2D eigenvalue weighted by atomic mass is 9.94. The van der Waals surface area contributed by atoms with Crippen molar-refractivity contribution >= 4 is 0 Å². The maximum Gasteiger partial charge on any atom is 0.244 e. The summed E-state index contributed by atoms with van der Waals surface area (Å²) >= 11 is 0. The Balaban J connectivity index is 1.73. The predicted octanol–water partition coefficient (Wildman–Crippen LogP) is 2.23. The molecular weight excluding hydrogens is 230 g/mol. The molecule has 4 unspecified atom stereocenters. The van der Waals surface area contributed by atoms with Gasteiger partial charge in [0.15, 0.2) is 5.82 Å². The van der Waals surface area contributed by atoms with Gasteiger partial charge in [-0.05, 0) is 45.1 Å². The highest BCUT2D eigenvalue weighted by Crippen LogP contribution is 2.43. The first kappa shape index (κ1) is 12.1. The molecule has 0 radical (unpaired) electrons. The third-order valence-electron chi connectivity index (χ3n) is 4.25. The second-order valence-corrected chi connectivity index (χ2v) is 5.33. The maximum atomic E-state index is 5.49. The zero-order valence-corrected chi connectivity index (χ0v) is 11.1. The predicted molar refractivity (Wildman–Crippen MR) is 65.9 cm³/mol. The molecule has 1 aliphatic heterocycles. The van der Waals surface area contributed by atoms with Crippen molar-refractivity contribution in [2.75, 3.05) is 13.2 Å². The molecule has 0 aromatic carbocycles. The summed E-state index contributed by atoms with van der Waals surface area (Å²) in [7, 11) is 0. The molecule has 0 spiro atoms. The Labute approximate surface area is 107 Å². The lowest BCUT2D eigenvalue weighted by Gasteiger charge is -2.13. The van der Waals surface area contributed by atoms with Crippen LogP contribution in [0.25, 0.3) is 0 Å². The molecule has 1 saturated carbocycles. The Morgan fingerprint density at radius 3 is 3.22 bits per heavy atom. The molecule has 4 atom stereocenters. The molecule has 2 aliphatic rings. The number of aromatic nitrogens is 2. The van der Waals surface area contributed by atoms with Crippen molar-refractivity contribution in [1.82, 2.24) is 15.5 Å². The van der Waals surface area contributed by atoms with Gasteiger partial charge >= 0.3 is 0 Å². The summed E-state index contributed by atoms with van der Waals surface area (Å²) in [6.45, 7) is 5.68. The van der Waals surface area contributed by atoms with E-state index in [0.29, 0.717) is 18.3 Å². The van der Waals surface area contributed by atoms with E-state index in [1.807, 2.05) is 13.8 Å². The highest BCUT2D eigenvalue weighted by molar-refractivity contribution is 5.04. The summed E-state index contributed by atoms with van der Waals surface area (Å²) < 4.78 is 10.9. The van der Waals surface area contributed by atoms with Crippen LogP contribution in [0.15, 0.2) is 4.52 Å². The van der Waals surface area contributed by atoms with Crippen LogP contribution in [-0.2, 0) is 4.74 Å². The summed E-state index contributed by atoms with van der Waals surface area (Å²) in [5, 5.41) is 7.56. The van der Waals surface area contributed by atoms with Crippen LogP contribution >= 0.6 is 0 Å². The molecule has 100 valence electrons. The number of hydrogen-bond acceptors (Lipinski definition) is 5. The highest BCUT2D eigenvalue weighted by atomic mass is 16.5. The zero-order valence-electron chi connectivity index (χ0n) is 11.1. The van der Waals surface area contributed by atoms with Crippen molar-refractivity contribution in [2.45, 2.75) is 45.3 Å². The average molecular weight is 251 g/mol. The van der Waals surface area contributed by atoms with Crippen molar-refractivity contribution < 1.29 is 9.26 Å². The minimum absolute atomic E-state index is 0.0896. The van der Waals surface area contributed by atoms with E-state index < -0.39 is 0 Å². The maximum absolute atomic E-state index is 5.49. The van der Waals surface area contributed by atoms with E-state index in [2.05, 4.69) is 15.5 Å². The van der Waals surface area contributed by atoms with Crippen molar-refractivity contribution in [3.63, 3.8) is 0 Å². The summed E-state index contributed by atoms with van der Waals surface area (Å²) in [5.41, 5.74) is 0. The Hall–Kier alpha value is -0.940. The summed E-state index contributed by atoms with van der Waals surface area (Å²) in [4.78, 5) is 4.51. The number of rotatable bonds is 4. The molecule has 1 aromatic rings. The van der Waals surface area contributed by atoms with Gasteiger partial charge in [0.2, 0.25) is 5.89 Å². The number of nitrogens with zero attached hydrogens (tertiary/aromatic N) is 2. The Kier molecular flexibility index (Phi) is 3.35. The number of hydrogen-bond donors (Lipinski definition) is 1. The van der Waals surface area contributed by atoms with Crippen molar-refractivity contribution in [3.8, 4) is 0 Å². The number of ether oxygens (including phenoxy) is 1. The van der Waals surface area contributed by atoms with E-state index in [-0.39, 0.29) is 12.1 Å². The highest BCUT2D eigenvalue weighted by Gasteiger charge is 2.42. The van der Waals surface area contributed by atoms with Crippen molar-refractivity contribution in [2.24, 2.45) is 11.8 Å². The van der Waals surface area contributed by atoms with Crippen molar-refractivity contribution in [3.05, 3.63) is 11.7 Å². The molecule has 0 amide bonds. The van der Waals surface area contributed by atoms with Gasteiger partial charge in [-0.15, -0.1) is 0 Å². The van der Waals surface area contributed by atoms with Gasteiger partial charge in [0.05, 0.1) is 6.04 Å².